The first-order chi connectivity index (χ1) is 23.3. The number of carbonyl (C=O) groups excluding carboxylic acids is 2. The Balaban J connectivity index is 1.41. The Hall–Kier alpha value is -2.89. The molecule has 2 aliphatic heterocycles. The maximum Gasteiger partial charge on any atom is 0.266 e. The van der Waals surface area contributed by atoms with Gasteiger partial charge >= 0.3 is 0 Å². The zero-order valence-corrected chi connectivity index (χ0v) is 31.3. The van der Waals surface area contributed by atoms with Crippen LogP contribution in [0.25, 0.3) is 5.57 Å². The minimum atomic E-state index is -1.29. The van der Waals surface area contributed by atoms with E-state index in [2.05, 4.69) is 5.32 Å². The third-order valence-corrected chi connectivity index (χ3v) is 11.2. The summed E-state index contributed by atoms with van der Waals surface area (Å²) >= 11 is 27.2. The number of nitrogens with one attached hydrogen (secondary N) is 2. The second-order valence-electron chi connectivity index (χ2n) is 13.2. The highest BCUT2D eigenvalue weighted by atomic mass is 35.5. The minimum absolute atomic E-state index is 0.0228. The third-order valence-electron chi connectivity index (χ3n) is 9.53. The number of nitrogens with two attached hydrogens (primary N) is 1. The van der Waals surface area contributed by atoms with Crippen molar-refractivity contribution in [1.29, 1.82) is 5.41 Å². The molecule has 0 aromatic heterocycles. The molecule has 2 aromatic carbocycles. The van der Waals surface area contributed by atoms with Gasteiger partial charge in [0.1, 0.15) is 15.8 Å². The molecule has 0 spiro atoms. The van der Waals surface area contributed by atoms with Gasteiger partial charge in [-0.15, -0.1) is 0 Å². The van der Waals surface area contributed by atoms with E-state index in [1.54, 1.807) is 25.9 Å². The van der Waals surface area contributed by atoms with Crippen molar-refractivity contribution in [2.24, 2.45) is 11.7 Å². The van der Waals surface area contributed by atoms with Gasteiger partial charge in [0.2, 0.25) is 5.91 Å². The molecule has 2 aromatic rings. The van der Waals surface area contributed by atoms with E-state index in [4.69, 9.17) is 67.0 Å². The first-order valence-corrected chi connectivity index (χ1v) is 18.1. The molecule has 3 fully saturated rings. The van der Waals surface area contributed by atoms with Gasteiger partial charge in [-0.3, -0.25) is 9.59 Å². The number of rotatable bonds is 11. The number of ether oxygens (including phenoxy) is 2. The number of piperidine rings is 1. The maximum absolute atomic E-state index is 14.4. The quantitative estimate of drug-likeness (QED) is 0.131. The number of allylic oxidation sites excluding steroid dienone is 1. The number of amides is 2. The maximum atomic E-state index is 14.4. The molecule has 2 amide bonds. The molecule has 3 aliphatic rings. The van der Waals surface area contributed by atoms with Gasteiger partial charge < -0.3 is 40.6 Å². The standard InChI is InChI=1S/C35H44Cl4N6O4/c1-20(25-10-7-21(16-26(25)48-4)23(17-40)18-41)45(24-8-9-24)33(46)22-6-5-13-44(19-22)31-28(37)27(36)29(38)32(30(31)39)49-35(2,3)34(47)43-14-11-42-12-15-43/h7,10,16-18,20,22,24,40,42H,5-6,8-9,11-15,19,41H2,1-4H3/b23-18+,40-17?/t20?,22-/m1/s1. The van der Waals surface area contributed by atoms with Crippen molar-refractivity contribution < 1.29 is 19.1 Å². The Labute approximate surface area is 308 Å². The van der Waals surface area contributed by atoms with E-state index in [1.165, 1.54) is 12.4 Å². The van der Waals surface area contributed by atoms with Gasteiger partial charge in [0.15, 0.2) is 11.4 Å². The van der Waals surface area contributed by atoms with E-state index < -0.39 is 5.60 Å². The molecule has 49 heavy (non-hydrogen) atoms. The molecule has 2 saturated heterocycles. The molecule has 5 rings (SSSR count). The number of hydrogen-bond donors (Lipinski definition) is 3. The topological polar surface area (TPSA) is 124 Å². The lowest BCUT2D eigenvalue weighted by molar-refractivity contribution is -0.146. The van der Waals surface area contributed by atoms with E-state index in [0.717, 1.165) is 30.4 Å². The average Bonchev–Trinajstić information content (AvgIpc) is 3.95. The monoisotopic (exact) mass is 752 g/mol. The predicted octanol–water partition coefficient (Wildman–Crippen LogP) is 6.82. The molecule has 10 nitrogen and oxygen atoms in total. The van der Waals surface area contributed by atoms with Gasteiger partial charge in [-0.1, -0.05) is 58.5 Å². The molecular formula is C35H44Cl4N6O4. The lowest BCUT2D eigenvalue weighted by Gasteiger charge is -2.40. The molecule has 0 radical (unpaired) electrons. The Kier molecular flexibility index (Phi) is 11.9. The highest BCUT2D eigenvalue weighted by Gasteiger charge is 2.42. The van der Waals surface area contributed by atoms with Crippen LogP contribution in [0.15, 0.2) is 24.4 Å². The van der Waals surface area contributed by atoms with Crippen LogP contribution in [0.5, 0.6) is 11.5 Å². The summed E-state index contributed by atoms with van der Waals surface area (Å²) in [6.07, 6.45) is 5.84. The van der Waals surface area contributed by atoms with Crippen LogP contribution in [-0.2, 0) is 9.59 Å². The van der Waals surface area contributed by atoms with Gasteiger partial charge in [0.05, 0.1) is 34.8 Å². The summed E-state index contributed by atoms with van der Waals surface area (Å²) in [7, 11) is 1.60. The highest BCUT2D eigenvalue weighted by molar-refractivity contribution is 6.52. The van der Waals surface area contributed by atoms with E-state index >= 15 is 0 Å². The van der Waals surface area contributed by atoms with Crippen molar-refractivity contribution in [3.05, 3.63) is 55.6 Å². The van der Waals surface area contributed by atoms with Crippen molar-refractivity contribution in [2.45, 2.75) is 64.1 Å². The Morgan fingerprint density at radius 2 is 1.76 bits per heavy atom. The van der Waals surface area contributed by atoms with Crippen LogP contribution >= 0.6 is 46.4 Å². The molecular weight excluding hydrogens is 710 g/mol. The molecule has 14 heteroatoms. The van der Waals surface area contributed by atoms with Crippen LogP contribution in [0.4, 0.5) is 5.69 Å². The lowest BCUT2D eigenvalue weighted by atomic mass is 9.93. The van der Waals surface area contributed by atoms with E-state index in [0.29, 0.717) is 62.7 Å². The Morgan fingerprint density at radius 1 is 1.06 bits per heavy atom. The van der Waals surface area contributed by atoms with Crippen LogP contribution in [0.1, 0.15) is 63.6 Å². The summed E-state index contributed by atoms with van der Waals surface area (Å²) < 4.78 is 12.0. The second kappa shape index (κ2) is 15.6. The molecule has 2 atom stereocenters. The summed E-state index contributed by atoms with van der Waals surface area (Å²) in [5.74, 6) is 0.205. The summed E-state index contributed by atoms with van der Waals surface area (Å²) in [5.41, 5.74) is 7.05. The number of carbonyl (C=O) groups is 2. The normalized spacial score (nSPS) is 19.3. The molecule has 0 bridgehead atoms. The highest BCUT2D eigenvalue weighted by Crippen LogP contribution is 2.52. The number of piperazine rings is 1. The van der Waals surface area contributed by atoms with Crippen LogP contribution in [0.3, 0.4) is 0 Å². The number of methoxy groups -OCH3 is 1. The summed E-state index contributed by atoms with van der Waals surface area (Å²) in [6.45, 7) is 8.85. The van der Waals surface area contributed by atoms with Gasteiger partial charge in [0.25, 0.3) is 5.91 Å². The third kappa shape index (κ3) is 7.73. The van der Waals surface area contributed by atoms with Crippen molar-refractivity contribution in [3.8, 4) is 11.5 Å². The first-order valence-electron chi connectivity index (χ1n) is 16.6. The van der Waals surface area contributed by atoms with Crippen LogP contribution in [0.2, 0.25) is 20.1 Å². The fourth-order valence-corrected chi connectivity index (χ4v) is 7.96. The smallest absolute Gasteiger partial charge is 0.266 e. The number of benzene rings is 2. The van der Waals surface area contributed by atoms with E-state index in [-0.39, 0.29) is 55.7 Å². The van der Waals surface area contributed by atoms with Gasteiger partial charge in [-0.05, 0) is 58.1 Å². The molecule has 1 saturated carbocycles. The van der Waals surface area contributed by atoms with E-state index in [9.17, 15) is 9.59 Å². The second-order valence-corrected chi connectivity index (χ2v) is 14.8. The molecule has 1 unspecified atom stereocenters. The number of halogens is 4. The van der Waals surface area contributed by atoms with Crippen molar-refractivity contribution in [2.75, 3.05) is 51.3 Å². The molecule has 2 heterocycles. The molecule has 266 valence electrons. The van der Waals surface area contributed by atoms with E-state index in [1.807, 2.05) is 34.9 Å². The molecule has 4 N–H and O–H groups in total. The average molecular weight is 755 g/mol. The van der Waals surface area contributed by atoms with Crippen LogP contribution < -0.4 is 25.4 Å². The first kappa shape index (κ1) is 37.4. The minimum Gasteiger partial charge on any atom is -0.496 e. The number of nitrogens with zero attached hydrogens (tertiary/aromatic N) is 3. The van der Waals surface area contributed by atoms with Crippen LogP contribution in [-0.4, -0.2) is 85.9 Å². The largest absolute Gasteiger partial charge is 0.496 e. The van der Waals surface area contributed by atoms with Crippen LogP contribution in [0, 0.1) is 11.3 Å². The van der Waals surface area contributed by atoms with Gasteiger partial charge in [0, 0.05) is 68.9 Å². The van der Waals surface area contributed by atoms with Gasteiger partial charge in [-0.2, -0.15) is 0 Å². The summed E-state index contributed by atoms with van der Waals surface area (Å²) in [4.78, 5) is 33.6. The fraction of sp³-hybridized carbons (Fsp3) is 0.514. The zero-order chi connectivity index (χ0) is 35.6. The van der Waals surface area contributed by atoms with Crippen molar-refractivity contribution >= 4 is 75.7 Å². The number of hydrogen-bond acceptors (Lipinski definition) is 8. The zero-order valence-electron chi connectivity index (χ0n) is 28.3. The van der Waals surface area contributed by atoms with Gasteiger partial charge in [-0.25, -0.2) is 0 Å². The van der Waals surface area contributed by atoms with Crippen molar-refractivity contribution in [1.82, 2.24) is 15.1 Å². The Morgan fingerprint density at radius 3 is 2.37 bits per heavy atom. The Bertz CT molecular complexity index is 1630. The van der Waals surface area contributed by atoms with Crippen molar-refractivity contribution in [3.63, 3.8) is 0 Å². The SMILES string of the molecule is COc1cc(/C(C=N)=C/N)ccc1C(C)N(C(=O)[C@@H]1CCCN(c2c(Cl)c(Cl)c(Cl)c(OC(C)(C)C(=O)N3CCNCC3)c2Cl)C1)C1CC1. The fourth-order valence-electron chi connectivity index (χ4n) is 6.76. The lowest BCUT2D eigenvalue weighted by Crippen LogP contribution is -2.54. The molecule has 1 aliphatic carbocycles. The summed E-state index contributed by atoms with van der Waals surface area (Å²) in [6, 6.07) is 5.53. The summed E-state index contributed by atoms with van der Waals surface area (Å²) in [5, 5.41) is 11.3. The predicted molar refractivity (Wildman–Crippen MR) is 198 cm³/mol. The number of anilines is 1.